The van der Waals surface area contributed by atoms with Gasteiger partial charge in [0.2, 0.25) is 0 Å². The van der Waals surface area contributed by atoms with E-state index in [4.69, 9.17) is 11.6 Å². The van der Waals surface area contributed by atoms with Crippen molar-refractivity contribution < 1.29 is 13.2 Å². The van der Waals surface area contributed by atoms with Crippen LogP contribution >= 0.6 is 11.6 Å². The predicted molar refractivity (Wildman–Crippen MR) is 159 cm³/mol. The van der Waals surface area contributed by atoms with Gasteiger partial charge in [0.05, 0.1) is 22.5 Å². The second-order valence-electron chi connectivity index (χ2n) is 9.08. The van der Waals surface area contributed by atoms with Gasteiger partial charge < -0.3 is 4.57 Å². The number of benzene rings is 4. The molecule has 0 aliphatic rings. The number of hydrogen-bond donors (Lipinski definition) is 1. The van der Waals surface area contributed by atoms with Crippen molar-refractivity contribution in [2.45, 2.75) is 18.4 Å². The van der Waals surface area contributed by atoms with Crippen LogP contribution in [0.3, 0.4) is 0 Å². The molecule has 0 saturated carbocycles. The summed E-state index contributed by atoms with van der Waals surface area (Å²) in [6.07, 6.45) is 1.61. The molecule has 0 fully saturated rings. The topological polar surface area (TPSA) is 81.1 Å². The minimum Gasteiger partial charge on any atom is -0.324 e. The molecule has 0 atom stereocenters. The van der Waals surface area contributed by atoms with Gasteiger partial charge >= 0.3 is 0 Å². The summed E-state index contributed by atoms with van der Waals surface area (Å²) in [6, 6.07) is 26.3. The number of nitrogens with zero attached hydrogens (tertiary/aromatic N) is 2. The van der Waals surface area contributed by atoms with Crippen molar-refractivity contribution in [2.75, 3.05) is 0 Å². The number of rotatable bonds is 6. The van der Waals surface area contributed by atoms with E-state index in [9.17, 15) is 13.2 Å². The highest BCUT2D eigenvalue weighted by atomic mass is 35.5. The molecule has 8 heteroatoms. The third kappa shape index (κ3) is 5.84. The summed E-state index contributed by atoms with van der Waals surface area (Å²) in [7, 11) is -4.06. The molecule has 6 nitrogen and oxygen atoms in total. The first-order valence-corrected chi connectivity index (χ1v) is 14.2. The predicted octanol–water partition coefficient (Wildman–Crippen LogP) is 6.21. The van der Waals surface area contributed by atoms with Crippen molar-refractivity contribution in [1.29, 1.82) is 0 Å². The number of aryl methyl sites for hydroxylation is 1. The van der Waals surface area contributed by atoms with Crippen LogP contribution < -0.4 is 4.72 Å². The fraction of sp³-hybridized carbons (Fsp3) is 0.0625. The second-order valence-corrected chi connectivity index (χ2v) is 11.2. The van der Waals surface area contributed by atoms with Gasteiger partial charge in [-0.05, 0) is 72.6 Å². The lowest BCUT2D eigenvalue weighted by atomic mass is 10.1. The van der Waals surface area contributed by atoms with Gasteiger partial charge in [-0.1, -0.05) is 72.5 Å². The summed E-state index contributed by atoms with van der Waals surface area (Å²) < 4.78 is 29.7. The second kappa shape index (κ2) is 11.2. The Hall–Kier alpha value is -4.64. The molecule has 198 valence electrons. The molecule has 0 bridgehead atoms. The maximum absolute atomic E-state index is 13.0. The molecule has 40 heavy (non-hydrogen) atoms. The van der Waals surface area contributed by atoms with Crippen LogP contribution in [0.4, 0.5) is 0 Å². The first kappa shape index (κ1) is 26.9. The van der Waals surface area contributed by atoms with Crippen LogP contribution in [0.1, 0.15) is 38.4 Å². The molecule has 1 aromatic heterocycles. The van der Waals surface area contributed by atoms with Gasteiger partial charge in [-0.3, -0.25) is 4.79 Å². The first-order valence-electron chi connectivity index (χ1n) is 12.4. The lowest BCUT2D eigenvalue weighted by Gasteiger charge is -2.11. The van der Waals surface area contributed by atoms with E-state index in [1.54, 1.807) is 36.4 Å². The lowest BCUT2D eigenvalue weighted by molar-refractivity contribution is 0.0981. The Balaban J connectivity index is 1.39. The summed E-state index contributed by atoms with van der Waals surface area (Å²) in [5.74, 6) is 6.25. The van der Waals surface area contributed by atoms with Crippen LogP contribution in [0, 0.1) is 18.8 Å². The van der Waals surface area contributed by atoms with Gasteiger partial charge in [-0.25, -0.2) is 18.1 Å². The Morgan fingerprint density at radius 3 is 2.40 bits per heavy atom. The average molecular weight is 566 g/mol. The number of carbonyl (C=O) groups is 1. The van der Waals surface area contributed by atoms with E-state index in [2.05, 4.69) is 28.1 Å². The smallest absolute Gasteiger partial charge is 0.265 e. The largest absolute Gasteiger partial charge is 0.324 e. The quantitative estimate of drug-likeness (QED) is 0.248. The van der Waals surface area contributed by atoms with Gasteiger partial charge in [-0.15, -0.1) is 0 Å². The third-order valence-corrected chi connectivity index (χ3v) is 8.06. The maximum atomic E-state index is 13.0. The van der Waals surface area contributed by atoms with Crippen LogP contribution in [-0.4, -0.2) is 23.9 Å². The Kier molecular flexibility index (Phi) is 7.56. The molecule has 0 saturated heterocycles. The fourth-order valence-corrected chi connectivity index (χ4v) is 5.41. The standard InChI is InChI=1S/C32H24ClN3O3S/c1-3-23-12-16-28(17-13-23)40(38,39)35-32(37)26-15-18-30-31(20-26)36(22(2)34-30)21-27-14-11-25(19-29(27)33)10-9-24-7-5-4-6-8-24/h3-8,11-20H,1,21H2,2H3,(H,35,37). The normalized spacial score (nSPS) is 11.1. The summed E-state index contributed by atoms with van der Waals surface area (Å²) in [5, 5.41) is 0.559. The van der Waals surface area contributed by atoms with E-state index >= 15 is 0 Å². The average Bonchev–Trinajstić information content (AvgIpc) is 3.27. The van der Waals surface area contributed by atoms with Gasteiger partial charge in [0, 0.05) is 21.7 Å². The van der Waals surface area contributed by atoms with E-state index in [1.807, 2.05) is 60.0 Å². The number of nitrogens with one attached hydrogen (secondary N) is 1. The number of imidazole rings is 1. The summed E-state index contributed by atoms with van der Waals surface area (Å²) in [6.45, 7) is 5.93. The number of aromatic nitrogens is 2. The van der Waals surface area contributed by atoms with E-state index in [0.29, 0.717) is 22.6 Å². The zero-order valence-corrected chi connectivity index (χ0v) is 23.1. The van der Waals surface area contributed by atoms with E-state index in [-0.39, 0.29) is 10.5 Å². The molecule has 1 N–H and O–H groups in total. The Bertz CT molecular complexity index is 1920. The van der Waals surface area contributed by atoms with Crippen LogP contribution in [-0.2, 0) is 16.6 Å². The van der Waals surface area contributed by atoms with Gasteiger partial charge in [0.25, 0.3) is 15.9 Å². The molecular formula is C32H24ClN3O3S. The lowest BCUT2D eigenvalue weighted by Crippen LogP contribution is -2.30. The minimum atomic E-state index is -4.06. The third-order valence-electron chi connectivity index (χ3n) is 6.36. The van der Waals surface area contributed by atoms with Crippen LogP contribution in [0.25, 0.3) is 17.1 Å². The Labute approximate surface area is 238 Å². The summed E-state index contributed by atoms with van der Waals surface area (Å²) in [4.78, 5) is 17.5. The Morgan fingerprint density at radius 2 is 1.70 bits per heavy atom. The molecule has 5 aromatic rings. The highest BCUT2D eigenvalue weighted by Gasteiger charge is 2.20. The fourth-order valence-electron chi connectivity index (χ4n) is 4.20. The molecule has 5 rings (SSSR count). The van der Waals surface area contributed by atoms with E-state index in [0.717, 1.165) is 28.1 Å². The molecule has 1 amide bonds. The molecule has 0 radical (unpaired) electrons. The molecule has 0 spiro atoms. The maximum Gasteiger partial charge on any atom is 0.265 e. The van der Waals surface area contributed by atoms with Crippen LogP contribution in [0.15, 0.2) is 102 Å². The van der Waals surface area contributed by atoms with Gasteiger partial charge in [-0.2, -0.15) is 0 Å². The summed E-state index contributed by atoms with van der Waals surface area (Å²) in [5.41, 5.74) is 4.90. The number of halogens is 1. The zero-order chi connectivity index (χ0) is 28.3. The van der Waals surface area contributed by atoms with Crippen molar-refractivity contribution >= 4 is 44.6 Å². The molecule has 0 aliphatic carbocycles. The monoisotopic (exact) mass is 565 g/mol. The number of sulfonamides is 1. The van der Waals surface area contributed by atoms with Crippen LogP contribution in [0.5, 0.6) is 0 Å². The molecule has 0 aliphatic heterocycles. The van der Waals surface area contributed by atoms with Crippen molar-refractivity contribution in [1.82, 2.24) is 14.3 Å². The molecular weight excluding hydrogens is 542 g/mol. The summed E-state index contributed by atoms with van der Waals surface area (Å²) >= 11 is 6.63. The Morgan fingerprint density at radius 1 is 0.975 bits per heavy atom. The van der Waals surface area contributed by atoms with Gasteiger partial charge in [0.15, 0.2) is 0 Å². The number of amides is 1. The minimum absolute atomic E-state index is 0.0139. The zero-order valence-electron chi connectivity index (χ0n) is 21.6. The highest BCUT2D eigenvalue weighted by molar-refractivity contribution is 7.90. The van der Waals surface area contributed by atoms with Crippen molar-refractivity contribution in [3.05, 3.63) is 136 Å². The van der Waals surface area contributed by atoms with E-state index in [1.165, 1.54) is 12.1 Å². The van der Waals surface area contributed by atoms with Crippen molar-refractivity contribution in [3.8, 4) is 11.8 Å². The number of carbonyl (C=O) groups excluding carboxylic acids is 1. The van der Waals surface area contributed by atoms with Gasteiger partial charge in [0.1, 0.15) is 5.82 Å². The first-order chi connectivity index (χ1) is 19.2. The number of fused-ring (bicyclic) bond motifs is 1. The van der Waals surface area contributed by atoms with Crippen LogP contribution in [0.2, 0.25) is 5.02 Å². The SMILES string of the molecule is C=Cc1ccc(S(=O)(=O)NC(=O)c2ccc3nc(C)n(Cc4ccc(C#Cc5ccccc5)cc4Cl)c3c2)cc1. The molecule has 1 heterocycles. The highest BCUT2D eigenvalue weighted by Crippen LogP contribution is 2.24. The molecule has 0 unspecified atom stereocenters. The van der Waals surface area contributed by atoms with Crippen molar-refractivity contribution in [2.24, 2.45) is 0 Å². The molecule has 4 aromatic carbocycles. The van der Waals surface area contributed by atoms with Crippen molar-refractivity contribution in [3.63, 3.8) is 0 Å². The number of hydrogen-bond acceptors (Lipinski definition) is 4. The van der Waals surface area contributed by atoms with E-state index < -0.39 is 15.9 Å².